The molecule has 2 aromatic rings. The van der Waals surface area contributed by atoms with Gasteiger partial charge >= 0.3 is 0 Å². The monoisotopic (exact) mass is 387 g/mol. The number of sulfonamides is 1. The summed E-state index contributed by atoms with van der Waals surface area (Å²) in [5, 5.41) is 0. The summed E-state index contributed by atoms with van der Waals surface area (Å²) in [4.78, 5) is 4.92. The molecule has 0 radical (unpaired) electrons. The maximum atomic E-state index is 12.8. The third kappa shape index (κ3) is 3.83. The first-order valence-electron chi connectivity index (χ1n) is 10.2. The minimum atomic E-state index is -3.24. The first-order chi connectivity index (χ1) is 13.1. The molecule has 5 nitrogen and oxygen atoms in total. The third-order valence-corrected chi connectivity index (χ3v) is 7.97. The van der Waals surface area contributed by atoms with Crippen LogP contribution in [0.25, 0.3) is 11.3 Å². The number of imidazole rings is 1. The van der Waals surface area contributed by atoms with Gasteiger partial charge < -0.3 is 4.57 Å². The van der Waals surface area contributed by atoms with Crippen molar-refractivity contribution < 1.29 is 8.42 Å². The number of benzene rings is 1. The number of nitrogens with zero attached hydrogens (tertiary/aromatic N) is 3. The lowest BCUT2D eigenvalue weighted by Crippen LogP contribution is -2.43. The molecule has 0 saturated heterocycles. The molecule has 1 saturated carbocycles. The molecule has 6 heteroatoms. The molecule has 27 heavy (non-hydrogen) atoms. The standard InChI is InChI=1S/C21H29N3O2S/c1-2-27(25,26)24-14-13-23-16-19(18-11-7-4-8-12-18)22-21(23)20(24)15-17-9-5-3-6-10-17/h4,7-8,11-12,16-17,20H,2-3,5-6,9-10,13-15H2,1H3/t20-/m0/s1. The summed E-state index contributed by atoms with van der Waals surface area (Å²) in [6, 6.07) is 10.0. The fraction of sp³-hybridized carbons (Fsp3) is 0.571. The summed E-state index contributed by atoms with van der Waals surface area (Å²) >= 11 is 0. The normalized spacial score (nSPS) is 21.9. The topological polar surface area (TPSA) is 55.2 Å². The molecule has 0 spiro atoms. The number of hydrogen-bond acceptors (Lipinski definition) is 3. The van der Waals surface area contributed by atoms with Crippen LogP contribution in [0.5, 0.6) is 0 Å². The molecule has 0 N–H and O–H groups in total. The van der Waals surface area contributed by atoms with Gasteiger partial charge in [-0.1, -0.05) is 62.4 Å². The highest BCUT2D eigenvalue weighted by atomic mass is 32.2. The average Bonchev–Trinajstić information content (AvgIpc) is 3.14. The van der Waals surface area contributed by atoms with Gasteiger partial charge in [0.1, 0.15) is 5.82 Å². The predicted molar refractivity (Wildman–Crippen MR) is 108 cm³/mol. The van der Waals surface area contributed by atoms with Crippen molar-refractivity contribution in [1.29, 1.82) is 0 Å². The lowest BCUT2D eigenvalue weighted by molar-refractivity contribution is 0.200. The van der Waals surface area contributed by atoms with Gasteiger partial charge in [-0.3, -0.25) is 0 Å². The highest BCUT2D eigenvalue weighted by Gasteiger charge is 2.37. The number of rotatable bonds is 5. The van der Waals surface area contributed by atoms with E-state index in [4.69, 9.17) is 4.98 Å². The summed E-state index contributed by atoms with van der Waals surface area (Å²) in [6.07, 6.45) is 9.25. The van der Waals surface area contributed by atoms with Crippen LogP contribution in [0.15, 0.2) is 36.5 Å². The molecule has 1 aliphatic heterocycles. The van der Waals surface area contributed by atoms with E-state index in [0.717, 1.165) is 23.5 Å². The second-order valence-corrected chi connectivity index (χ2v) is 10.0. The van der Waals surface area contributed by atoms with Gasteiger partial charge in [-0.25, -0.2) is 13.4 Å². The molecule has 1 fully saturated rings. The Balaban J connectivity index is 1.70. The lowest BCUT2D eigenvalue weighted by Gasteiger charge is -2.37. The van der Waals surface area contributed by atoms with Crippen molar-refractivity contribution in [3.63, 3.8) is 0 Å². The molecule has 2 heterocycles. The van der Waals surface area contributed by atoms with Gasteiger partial charge in [-0.15, -0.1) is 0 Å². The first-order valence-corrected chi connectivity index (χ1v) is 11.8. The SMILES string of the molecule is CCS(=O)(=O)N1CCn2cc(-c3ccccc3)nc2[C@@H]1CC1CCCCC1. The Kier molecular flexibility index (Phi) is 5.37. The van der Waals surface area contributed by atoms with Crippen LogP contribution in [0, 0.1) is 5.92 Å². The third-order valence-electron chi connectivity index (χ3n) is 6.09. The second-order valence-electron chi connectivity index (χ2n) is 7.81. The molecule has 1 aromatic carbocycles. The second kappa shape index (κ2) is 7.76. The van der Waals surface area contributed by atoms with Gasteiger partial charge in [0.25, 0.3) is 0 Å². The quantitative estimate of drug-likeness (QED) is 0.771. The van der Waals surface area contributed by atoms with Gasteiger partial charge in [-0.05, 0) is 19.3 Å². The summed E-state index contributed by atoms with van der Waals surface area (Å²) in [5.74, 6) is 1.67. The number of aromatic nitrogens is 2. The number of hydrogen-bond donors (Lipinski definition) is 0. The maximum absolute atomic E-state index is 12.8. The van der Waals surface area contributed by atoms with Crippen molar-refractivity contribution >= 4 is 10.0 Å². The smallest absolute Gasteiger partial charge is 0.214 e. The summed E-state index contributed by atoms with van der Waals surface area (Å²) in [5.41, 5.74) is 2.02. The van der Waals surface area contributed by atoms with Crippen molar-refractivity contribution in [3.05, 3.63) is 42.4 Å². The summed E-state index contributed by atoms with van der Waals surface area (Å²) in [6.45, 7) is 2.96. The van der Waals surface area contributed by atoms with E-state index in [1.165, 1.54) is 32.1 Å². The lowest BCUT2D eigenvalue weighted by atomic mass is 9.84. The highest BCUT2D eigenvalue weighted by Crippen LogP contribution is 2.38. The van der Waals surface area contributed by atoms with Gasteiger partial charge in [0, 0.05) is 24.8 Å². The van der Waals surface area contributed by atoms with Crippen molar-refractivity contribution in [2.24, 2.45) is 5.92 Å². The molecular formula is C21H29N3O2S. The Labute approximate surface area is 162 Å². The highest BCUT2D eigenvalue weighted by molar-refractivity contribution is 7.89. The van der Waals surface area contributed by atoms with Crippen LogP contribution in [0.2, 0.25) is 0 Å². The molecule has 4 rings (SSSR count). The van der Waals surface area contributed by atoms with Crippen LogP contribution in [0.1, 0.15) is 57.3 Å². The first kappa shape index (κ1) is 18.7. The van der Waals surface area contributed by atoms with Crippen molar-refractivity contribution in [2.45, 2.75) is 58.0 Å². The Bertz CT molecular complexity index is 870. The molecule has 0 amide bonds. The fourth-order valence-electron chi connectivity index (χ4n) is 4.57. The van der Waals surface area contributed by atoms with E-state index in [2.05, 4.69) is 22.9 Å². The van der Waals surface area contributed by atoms with Crippen LogP contribution >= 0.6 is 0 Å². The zero-order chi connectivity index (χ0) is 18.9. The molecule has 0 unspecified atom stereocenters. The largest absolute Gasteiger partial charge is 0.332 e. The molecule has 1 aromatic heterocycles. The van der Waals surface area contributed by atoms with E-state index >= 15 is 0 Å². The van der Waals surface area contributed by atoms with Crippen LogP contribution in [-0.2, 0) is 16.6 Å². The van der Waals surface area contributed by atoms with Gasteiger partial charge in [0.15, 0.2) is 0 Å². The van der Waals surface area contributed by atoms with Crippen molar-refractivity contribution in [3.8, 4) is 11.3 Å². The molecule has 1 atom stereocenters. The summed E-state index contributed by atoms with van der Waals surface area (Å²) < 4.78 is 29.5. The van der Waals surface area contributed by atoms with E-state index in [9.17, 15) is 8.42 Å². The zero-order valence-corrected chi connectivity index (χ0v) is 16.9. The van der Waals surface area contributed by atoms with Crippen molar-refractivity contribution in [1.82, 2.24) is 13.9 Å². The van der Waals surface area contributed by atoms with E-state index in [0.29, 0.717) is 19.0 Å². The predicted octanol–water partition coefficient (Wildman–Crippen LogP) is 4.23. The summed E-state index contributed by atoms with van der Waals surface area (Å²) in [7, 11) is -3.24. The van der Waals surface area contributed by atoms with Gasteiger partial charge in [0.2, 0.25) is 10.0 Å². The van der Waals surface area contributed by atoms with E-state index in [1.54, 1.807) is 11.2 Å². The zero-order valence-electron chi connectivity index (χ0n) is 16.0. The van der Waals surface area contributed by atoms with Crippen LogP contribution < -0.4 is 0 Å². The maximum Gasteiger partial charge on any atom is 0.214 e. The Morgan fingerprint density at radius 3 is 2.52 bits per heavy atom. The number of fused-ring (bicyclic) bond motifs is 1. The Morgan fingerprint density at radius 2 is 1.81 bits per heavy atom. The molecule has 1 aliphatic carbocycles. The van der Waals surface area contributed by atoms with Crippen LogP contribution in [-0.4, -0.2) is 34.6 Å². The minimum Gasteiger partial charge on any atom is -0.332 e. The van der Waals surface area contributed by atoms with E-state index < -0.39 is 10.0 Å². The van der Waals surface area contributed by atoms with Crippen molar-refractivity contribution in [2.75, 3.05) is 12.3 Å². The van der Waals surface area contributed by atoms with Gasteiger partial charge in [-0.2, -0.15) is 4.31 Å². The molecular weight excluding hydrogens is 358 g/mol. The minimum absolute atomic E-state index is 0.135. The molecule has 146 valence electrons. The van der Waals surface area contributed by atoms with Crippen LogP contribution in [0.4, 0.5) is 0 Å². The molecule has 2 aliphatic rings. The Hall–Kier alpha value is -1.66. The Morgan fingerprint density at radius 1 is 1.07 bits per heavy atom. The van der Waals surface area contributed by atoms with Gasteiger partial charge in [0.05, 0.1) is 17.5 Å². The van der Waals surface area contributed by atoms with E-state index in [1.807, 2.05) is 18.2 Å². The molecule has 0 bridgehead atoms. The van der Waals surface area contributed by atoms with E-state index in [-0.39, 0.29) is 11.8 Å². The fourth-order valence-corrected chi connectivity index (χ4v) is 5.83. The average molecular weight is 388 g/mol. The van der Waals surface area contributed by atoms with Crippen LogP contribution in [0.3, 0.4) is 0 Å².